The van der Waals surface area contributed by atoms with Crippen LogP contribution >= 0.6 is 11.6 Å². The highest BCUT2D eigenvalue weighted by molar-refractivity contribution is 6.32. The normalized spacial score (nSPS) is 13.7. The molecular weight excluding hydrogens is 626 g/mol. The third-order valence-electron chi connectivity index (χ3n) is 7.99. The molecule has 0 radical (unpaired) electrons. The molecule has 0 saturated carbocycles. The number of nitrogens with one attached hydrogen (secondary N) is 2. The van der Waals surface area contributed by atoms with Crippen LogP contribution in [-0.2, 0) is 34.3 Å². The molecule has 252 valence electrons. The van der Waals surface area contributed by atoms with Gasteiger partial charge in [-0.15, -0.1) is 5.10 Å². The van der Waals surface area contributed by atoms with E-state index in [0.29, 0.717) is 54.6 Å². The van der Waals surface area contributed by atoms with E-state index in [1.807, 2.05) is 29.1 Å². The first-order chi connectivity index (χ1) is 22.8. The number of nitrogens with zero attached hydrogens (tertiary/aromatic N) is 7. The molecule has 1 saturated heterocycles. The largest absolute Gasteiger partial charge is 0.478 e. The molecule has 4 aromatic rings. The molecule has 0 spiro atoms. The monoisotopic (exact) mass is 667 g/mol. The Bertz CT molecular complexity index is 1700. The van der Waals surface area contributed by atoms with Gasteiger partial charge < -0.3 is 34.3 Å². The summed E-state index contributed by atoms with van der Waals surface area (Å²) in [6.45, 7) is 6.67. The van der Waals surface area contributed by atoms with Gasteiger partial charge >= 0.3 is 0 Å². The van der Waals surface area contributed by atoms with Crippen LogP contribution in [0, 0.1) is 5.92 Å². The summed E-state index contributed by atoms with van der Waals surface area (Å²) < 4.78 is 19.9. The maximum atomic E-state index is 12.7. The Balaban J connectivity index is 1.15. The number of benzene rings is 1. The van der Waals surface area contributed by atoms with Gasteiger partial charge in [0, 0.05) is 51.1 Å². The van der Waals surface area contributed by atoms with E-state index in [1.54, 1.807) is 19.3 Å². The third kappa shape index (κ3) is 9.18. The second kappa shape index (κ2) is 16.5. The Hall–Kier alpha value is -4.27. The predicted octanol–water partition coefficient (Wildman–Crippen LogP) is 3.34. The second-order valence-corrected chi connectivity index (χ2v) is 11.8. The lowest BCUT2D eigenvalue weighted by Crippen LogP contribution is -2.35. The van der Waals surface area contributed by atoms with Crippen molar-refractivity contribution in [3.8, 4) is 5.75 Å². The standard InChI is InChI=1S/C32H42ClN9O5/c1-4-12-45-14-15-46-13-11-42-20-25(38-39-42)16-22-7-9-41(10-8-22)32-35-19-26(33)30(37-32)36-24-5-6-27-23(17-24)18-28(31(44)40(27)3)47-21-29(43)34-2/h5-6,17-20,22H,4,7-16,21H2,1-3H3,(H,34,43)(H,35,36,37). The van der Waals surface area contributed by atoms with Crippen LogP contribution in [0.5, 0.6) is 5.75 Å². The number of aromatic nitrogens is 6. The van der Waals surface area contributed by atoms with Crippen molar-refractivity contribution in [2.24, 2.45) is 13.0 Å². The van der Waals surface area contributed by atoms with Gasteiger partial charge in [-0.05, 0) is 55.9 Å². The molecule has 1 amide bonds. The van der Waals surface area contributed by atoms with Crippen LogP contribution in [0.3, 0.4) is 0 Å². The molecule has 0 aliphatic carbocycles. The van der Waals surface area contributed by atoms with Crippen LogP contribution in [0.25, 0.3) is 10.9 Å². The lowest BCUT2D eigenvalue weighted by molar-refractivity contribution is -0.122. The molecule has 5 rings (SSSR count). The first kappa shape index (κ1) is 34.1. The number of fused-ring (bicyclic) bond motifs is 1. The van der Waals surface area contributed by atoms with Gasteiger partial charge in [-0.3, -0.25) is 9.59 Å². The van der Waals surface area contributed by atoms with Crippen LogP contribution in [0.4, 0.5) is 17.5 Å². The summed E-state index contributed by atoms with van der Waals surface area (Å²) >= 11 is 6.50. The number of hydrogen-bond donors (Lipinski definition) is 2. The van der Waals surface area contributed by atoms with E-state index in [1.165, 1.54) is 11.6 Å². The SMILES string of the molecule is CCCOCCOCCn1cc(CC2CCN(c3ncc(Cl)c(Nc4ccc5c(c4)cc(OCC(=O)NC)c(=O)n5C)n3)CC2)nn1. The van der Waals surface area contributed by atoms with Gasteiger partial charge in [0.15, 0.2) is 18.2 Å². The van der Waals surface area contributed by atoms with Crippen molar-refractivity contribution in [2.45, 2.75) is 39.2 Å². The quantitative estimate of drug-likeness (QED) is 0.169. The molecule has 0 bridgehead atoms. The average molecular weight is 668 g/mol. The Kier molecular flexibility index (Phi) is 12.0. The minimum absolute atomic E-state index is 0.0881. The number of anilines is 3. The summed E-state index contributed by atoms with van der Waals surface area (Å²) in [7, 11) is 3.17. The number of aryl methyl sites for hydroxylation is 1. The Labute approximate surface area is 278 Å². The number of pyridine rings is 1. The maximum Gasteiger partial charge on any atom is 0.293 e. The highest BCUT2D eigenvalue weighted by atomic mass is 35.5. The molecule has 1 aromatic carbocycles. The number of amides is 1. The van der Waals surface area contributed by atoms with Gasteiger partial charge in [-0.2, -0.15) is 4.98 Å². The fourth-order valence-electron chi connectivity index (χ4n) is 5.38. The molecule has 1 fully saturated rings. The number of carbonyl (C=O) groups excluding carboxylic acids is 1. The van der Waals surface area contributed by atoms with Gasteiger partial charge in [0.1, 0.15) is 5.02 Å². The van der Waals surface area contributed by atoms with Crippen molar-refractivity contribution in [2.75, 3.05) is 63.4 Å². The van der Waals surface area contributed by atoms with Gasteiger partial charge in [0.05, 0.1) is 43.8 Å². The third-order valence-corrected chi connectivity index (χ3v) is 8.27. The van der Waals surface area contributed by atoms with Crippen LogP contribution < -0.4 is 25.8 Å². The fraction of sp³-hybridized carbons (Fsp3) is 0.500. The highest BCUT2D eigenvalue weighted by Gasteiger charge is 2.23. The first-order valence-electron chi connectivity index (χ1n) is 15.9. The minimum Gasteiger partial charge on any atom is -0.478 e. The molecule has 0 atom stereocenters. The number of halogens is 1. The summed E-state index contributed by atoms with van der Waals surface area (Å²) in [6, 6.07) is 7.19. The Morgan fingerprint density at radius 1 is 1.11 bits per heavy atom. The number of carbonyl (C=O) groups is 1. The summed E-state index contributed by atoms with van der Waals surface area (Å²) in [5.41, 5.74) is 2.10. The van der Waals surface area contributed by atoms with E-state index in [2.05, 4.69) is 37.8 Å². The molecule has 4 heterocycles. The number of rotatable bonds is 16. The second-order valence-electron chi connectivity index (χ2n) is 11.4. The van der Waals surface area contributed by atoms with Crippen molar-refractivity contribution in [3.63, 3.8) is 0 Å². The van der Waals surface area contributed by atoms with E-state index >= 15 is 0 Å². The van der Waals surface area contributed by atoms with E-state index in [4.69, 9.17) is 30.8 Å². The molecule has 1 aliphatic rings. The summed E-state index contributed by atoms with van der Waals surface area (Å²) in [6.07, 6.45) is 7.46. The van der Waals surface area contributed by atoms with E-state index < -0.39 is 0 Å². The molecular formula is C32H42ClN9O5. The summed E-state index contributed by atoms with van der Waals surface area (Å²) in [5, 5.41) is 15.5. The minimum atomic E-state index is -0.328. The zero-order valence-corrected chi connectivity index (χ0v) is 27.8. The smallest absolute Gasteiger partial charge is 0.293 e. The maximum absolute atomic E-state index is 12.7. The molecule has 1 aliphatic heterocycles. The molecule has 47 heavy (non-hydrogen) atoms. The van der Waals surface area contributed by atoms with Gasteiger partial charge in [-0.25, -0.2) is 9.67 Å². The predicted molar refractivity (Wildman–Crippen MR) is 180 cm³/mol. The Morgan fingerprint density at radius 2 is 1.89 bits per heavy atom. The molecule has 0 unspecified atom stereocenters. The van der Waals surface area contributed by atoms with E-state index in [0.717, 1.165) is 62.1 Å². The van der Waals surface area contributed by atoms with Gasteiger partial charge in [-0.1, -0.05) is 23.7 Å². The van der Waals surface area contributed by atoms with Gasteiger partial charge in [0.25, 0.3) is 11.5 Å². The molecule has 15 heteroatoms. The zero-order chi connectivity index (χ0) is 33.2. The van der Waals surface area contributed by atoms with Gasteiger partial charge in [0.2, 0.25) is 5.95 Å². The highest BCUT2D eigenvalue weighted by Crippen LogP contribution is 2.29. The lowest BCUT2D eigenvalue weighted by Gasteiger charge is -2.31. The molecule has 14 nitrogen and oxygen atoms in total. The van der Waals surface area contributed by atoms with Crippen molar-refractivity contribution >= 4 is 45.9 Å². The molecule has 3 aromatic heterocycles. The first-order valence-corrected chi connectivity index (χ1v) is 16.3. The van der Waals surface area contributed by atoms with E-state index in [-0.39, 0.29) is 23.8 Å². The van der Waals surface area contributed by atoms with Crippen LogP contribution in [-0.4, -0.2) is 88.6 Å². The van der Waals surface area contributed by atoms with E-state index in [9.17, 15) is 9.59 Å². The number of ether oxygens (including phenoxy) is 3. The van der Waals surface area contributed by atoms with Crippen LogP contribution in [0.1, 0.15) is 31.9 Å². The van der Waals surface area contributed by atoms with Crippen LogP contribution in [0.2, 0.25) is 5.02 Å². The average Bonchev–Trinajstić information content (AvgIpc) is 3.53. The zero-order valence-electron chi connectivity index (χ0n) is 27.1. The molecule has 2 N–H and O–H groups in total. The Morgan fingerprint density at radius 3 is 2.66 bits per heavy atom. The van der Waals surface area contributed by atoms with Crippen molar-refractivity contribution in [1.82, 2.24) is 34.8 Å². The fourth-order valence-corrected chi connectivity index (χ4v) is 5.52. The topological polar surface area (TPSA) is 151 Å². The van der Waals surface area contributed by atoms with Crippen molar-refractivity contribution in [1.29, 1.82) is 0 Å². The number of piperidine rings is 1. The summed E-state index contributed by atoms with van der Waals surface area (Å²) in [5.74, 6) is 1.34. The van der Waals surface area contributed by atoms with Crippen molar-refractivity contribution < 1.29 is 19.0 Å². The number of likely N-dealkylation sites (N-methyl/N-ethyl adjacent to an activating group) is 1. The summed E-state index contributed by atoms with van der Waals surface area (Å²) in [4.78, 5) is 35.8. The van der Waals surface area contributed by atoms with Crippen LogP contribution in [0.15, 0.2) is 41.5 Å². The number of hydrogen-bond acceptors (Lipinski definition) is 11. The van der Waals surface area contributed by atoms with Crippen molar-refractivity contribution in [3.05, 3.63) is 57.7 Å². The lowest BCUT2D eigenvalue weighted by atomic mass is 9.92.